The minimum Gasteiger partial charge on any atom is -0.313 e. The summed E-state index contributed by atoms with van der Waals surface area (Å²) in [6.45, 7) is 10.3. The van der Waals surface area contributed by atoms with Gasteiger partial charge < -0.3 is 5.32 Å². The van der Waals surface area contributed by atoms with Gasteiger partial charge in [0.25, 0.3) is 0 Å². The molecular weight excluding hydrogens is 250 g/mol. The lowest BCUT2D eigenvalue weighted by Gasteiger charge is -2.24. The van der Waals surface area contributed by atoms with Gasteiger partial charge in [-0.05, 0) is 43.4 Å². The molecule has 0 amide bonds. The van der Waals surface area contributed by atoms with Gasteiger partial charge in [0.05, 0.1) is 0 Å². The smallest absolute Gasteiger partial charge is 0.0161 e. The van der Waals surface area contributed by atoms with E-state index in [1.54, 1.807) is 0 Å². The monoisotopic (exact) mass is 279 g/mol. The average Bonchev–Trinajstić information content (AvgIpc) is 2.38. The number of benzene rings is 1. The van der Waals surface area contributed by atoms with E-state index in [1.807, 2.05) is 11.8 Å². The van der Waals surface area contributed by atoms with Crippen molar-refractivity contribution in [3.8, 4) is 0 Å². The Morgan fingerprint density at radius 3 is 2.42 bits per heavy atom. The Morgan fingerprint density at radius 2 is 1.84 bits per heavy atom. The van der Waals surface area contributed by atoms with E-state index >= 15 is 0 Å². The maximum absolute atomic E-state index is 3.69. The third-order valence-corrected chi connectivity index (χ3v) is 4.29. The lowest BCUT2D eigenvalue weighted by atomic mass is 9.89. The summed E-state index contributed by atoms with van der Waals surface area (Å²) in [6.07, 6.45) is 3.76. The minimum absolute atomic E-state index is 0.434. The SMILES string of the molecule is CCCNC(CCC(C)(C)C)CSc1ccccc1. The van der Waals surface area contributed by atoms with Gasteiger partial charge in [-0.3, -0.25) is 0 Å². The largest absolute Gasteiger partial charge is 0.313 e. The molecule has 1 unspecified atom stereocenters. The second-order valence-corrected chi connectivity index (χ2v) is 7.47. The Balaban J connectivity index is 2.40. The van der Waals surface area contributed by atoms with E-state index in [2.05, 4.69) is 63.3 Å². The first-order valence-corrected chi connectivity index (χ1v) is 8.41. The van der Waals surface area contributed by atoms with Crippen LogP contribution in [0.15, 0.2) is 35.2 Å². The standard InChI is InChI=1S/C17H29NS/c1-5-13-18-15(11-12-17(2,3)4)14-19-16-9-7-6-8-10-16/h6-10,15,18H,5,11-14H2,1-4H3. The average molecular weight is 279 g/mol. The van der Waals surface area contributed by atoms with Crippen molar-refractivity contribution in [1.29, 1.82) is 0 Å². The van der Waals surface area contributed by atoms with Crippen LogP contribution in [-0.2, 0) is 0 Å². The highest BCUT2D eigenvalue weighted by Crippen LogP contribution is 2.24. The molecule has 0 bridgehead atoms. The van der Waals surface area contributed by atoms with Crippen LogP contribution in [0.4, 0.5) is 0 Å². The van der Waals surface area contributed by atoms with Crippen LogP contribution in [0.3, 0.4) is 0 Å². The topological polar surface area (TPSA) is 12.0 Å². The molecule has 2 heteroatoms. The van der Waals surface area contributed by atoms with E-state index in [1.165, 1.54) is 29.9 Å². The summed E-state index contributed by atoms with van der Waals surface area (Å²) >= 11 is 1.97. The van der Waals surface area contributed by atoms with Crippen LogP contribution in [0, 0.1) is 5.41 Å². The van der Waals surface area contributed by atoms with Gasteiger partial charge in [-0.15, -0.1) is 11.8 Å². The first-order valence-electron chi connectivity index (χ1n) is 7.42. The van der Waals surface area contributed by atoms with E-state index in [0.29, 0.717) is 11.5 Å². The van der Waals surface area contributed by atoms with Crippen LogP contribution in [0.2, 0.25) is 0 Å². The van der Waals surface area contributed by atoms with E-state index < -0.39 is 0 Å². The van der Waals surface area contributed by atoms with Crippen molar-refractivity contribution in [2.45, 2.75) is 57.9 Å². The summed E-state index contributed by atoms with van der Waals surface area (Å²) in [7, 11) is 0. The molecule has 0 spiro atoms. The van der Waals surface area contributed by atoms with Gasteiger partial charge in [-0.25, -0.2) is 0 Å². The zero-order valence-corrected chi connectivity index (χ0v) is 13.7. The van der Waals surface area contributed by atoms with Gasteiger partial charge in [0, 0.05) is 16.7 Å². The highest BCUT2D eigenvalue weighted by molar-refractivity contribution is 7.99. The molecule has 1 aromatic rings. The Bertz CT molecular complexity index is 329. The van der Waals surface area contributed by atoms with Gasteiger partial charge in [0.1, 0.15) is 0 Å². The molecule has 0 aliphatic rings. The van der Waals surface area contributed by atoms with Crippen molar-refractivity contribution in [1.82, 2.24) is 5.32 Å². The van der Waals surface area contributed by atoms with Crippen molar-refractivity contribution >= 4 is 11.8 Å². The highest BCUT2D eigenvalue weighted by atomic mass is 32.2. The molecule has 0 radical (unpaired) electrons. The number of hydrogen-bond acceptors (Lipinski definition) is 2. The van der Waals surface area contributed by atoms with E-state index in [4.69, 9.17) is 0 Å². The van der Waals surface area contributed by atoms with Gasteiger partial charge in [-0.2, -0.15) is 0 Å². The molecule has 0 aromatic heterocycles. The third-order valence-electron chi connectivity index (χ3n) is 3.12. The van der Waals surface area contributed by atoms with Crippen LogP contribution in [0.5, 0.6) is 0 Å². The summed E-state index contributed by atoms with van der Waals surface area (Å²) in [4.78, 5) is 1.38. The van der Waals surface area contributed by atoms with Crippen LogP contribution >= 0.6 is 11.8 Å². The van der Waals surface area contributed by atoms with Gasteiger partial charge in [0.15, 0.2) is 0 Å². The minimum atomic E-state index is 0.434. The maximum atomic E-state index is 3.69. The molecule has 1 atom stereocenters. The van der Waals surface area contributed by atoms with Gasteiger partial charge in [0.2, 0.25) is 0 Å². The van der Waals surface area contributed by atoms with Crippen molar-refractivity contribution in [2.75, 3.05) is 12.3 Å². The molecule has 1 rings (SSSR count). The fourth-order valence-corrected chi connectivity index (χ4v) is 2.94. The number of thioether (sulfide) groups is 1. The predicted octanol–water partition coefficient (Wildman–Crippen LogP) is 4.97. The number of hydrogen-bond donors (Lipinski definition) is 1. The van der Waals surface area contributed by atoms with Crippen LogP contribution in [0.1, 0.15) is 47.0 Å². The molecule has 108 valence electrons. The fraction of sp³-hybridized carbons (Fsp3) is 0.647. The summed E-state index contributed by atoms with van der Waals surface area (Å²) in [5.41, 5.74) is 0.434. The maximum Gasteiger partial charge on any atom is 0.0161 e. The zero-order chi connectivity index (χ0) is 14.1. The van der Waals surface area contributed by atoms with Crippen molar-refractivity contribution in [2.24, 2.45) is 5.41 Å². The predicted molar refractivity (Wildman–Crippen MR) is 87.9 cm³/mol. The van der Waals surface area contributed by atoms with Crippen molar-refractivity contribution in [3.05, 3.63) is 30.3 Å². The van der Waals surface area contributed by atoms with E-state index in [0.717, 1.165) is 6.54 Å². The van der Waals surface area contributed by atoms with Crippen LogP contribution in [-0.4, -0.2) is 18.3 Å². The Hall–Kier alpha value is -0.470. The second kappa shape index (κ2) is 8.65. The summed E-state index contributed by atoms with van der Waals surface area (Å²) in [5, 5.41) is 3.69. The lowest BCUT2D eigenvalue weighted by molar-refractivity contribution is 0.338. The van der Waals surface area contributed by atoms with Crippen LogP contribution in [0.25, 0.3) is 0 Å². The summed E-state index contributed by atoms with van der Waals surface area (Å²) in [5.74, 6) is 1.17. The van der Waals surface area contributed by atoms with Crippen LogP contribution < -0.4 is 5.32 Å². The lowest BCUT2D eigenvalue weighted by Crippen LogP contribution is -2.33. The molecule has 0 fully saturated rings. The quantitative estimate of drug-likeness (QED) is 0.674. The Morgan fingerprint density at radius 1 is 1.16 bits per heavy atom. The number of nitrogens with one attached hydrogen (secondary N) is 1. The van der Waals surface area contributed by atoms with Gasteiger partial charge >= 0.3 is 0 Å². The molecule has 1 N–H and O–H groups in total. The summed E-state index contributed by atoms with van der Waals surface area (Å²) in [6, 6.07) is 11.3. The van der Waals surface area contributed by atoms with E-state index in [9.17, 15) is 0 Å². The van der Waals surface area contributed by atoms with Crippen molar-refractivity contribution in [3.63, 3.8) is 0 Å². The highest BCUT2D eigenvalue weighted by Gasteiger charge is 2.15. The van der Waals surface area contributed by atoms with Gasteiger partial charge in [-0.1, -0.05) is 45.9 Å². The molecule has 19 heavy (non-hydrogen) atoms. The first kappa shape index (κ1) is 16.6. The second-order valence-electron chi connectivity index (χ2n) is 6.37. The summed E-state index contributed by atoms with van der Waals surface area (Å²) < 4.78 is 0. The molecule has 0 aliphatic heterocycles. The van der Waals surface area contributed by atoms with Crippen molar-refractivity contribution < 1.29 is 0 Å². The molecule has 0 saturated heterocycles. The number of rotatable bonds is 8. The first-order chi connectivity index (χ1) is 9.01. The molecule has 1 aromatic carbocycles. The zero-order valence-electron chi connectivity index (χ0n) is 12.9. The van der Waals surface area contributed by atoms with E-state index in [-0.39, 0.29) is 0 Å². The Kier molecular flexibility index (Phi) is 7.55. The molecular formula is C17H29NS. The fourth-order valence-electron chi connectivity index (χ4n) is 1.91. The Labute approximate surface area is 123 Å². The normalized spacial score (nSPS) is 13.5. The third kappa shape index (κ3) is 8.33. The molecule has 0 saturated carbocycles. The molecule has 0 aliphatic carbocycles. The molecule has 1 nitrogen and oxygen atoms in total. The molecule has 0 heterocycles.